The molecule has 0 bridgehead atoms. The van der Waals surface area contributed by atoms with Crippen molar-refractivity contribution in [2.75, 3.05) is 26.8 Å². The summed E-state index contributed by atoms with van der Waals surface area (Å²) >= 11 is 0. The van der Waals surface area contributed by atoms with E-state index in [1.54, 1.807) is 13.4 Å². The fraction of sp³-hybridized carbons (Fsp3) is 0.526. The maximum atomic E-state index is 12.8. The van der Waals surface area contributed by atoms with Crippen molar-refractivity contribution in [3.63, 3.8) is 0 Å². The van der Waals surface area contributed by atoms with Gasteiger partial charge in [0.2, 0.25) is 0 Å². The van der Waals surface area contributed by atoms with E-state index in [1.165, 1.54) is 0 Å². The van der Waals surface area contributed by atoms with Crippen molar-refractivity contribution in [3.8, 4) is 0 Å². The van der Waals surface area contributed by atoms with E-state index in [4.69, 9.17) is 4.74 Å². The number of hydrogen-bond donors (Lipinski definition) is 0. The van der Waals surface area contributed by atoms with Gasteiger partial charge in [-0.05, 0) is 38.8 Å². The molecule has 0 spiro atoms. The van der Waals surface area contributed by atoms with Gasteiger partial charge in [-0.1, -0.05) is 17.2 Å². The fourth-order valence-electron chi connectivity index (χ4n) is 3.57. The van der Waals surface area contributed by atoms with Gasteiger partial charge in [0.05, 0.1) is 6.61 Å². The van der Waals surface area contributed by atoms with Gasteiger partial charge in [-0.25, -0.2) is 0 Å². The number of rotatable bonds is 5. The summed E-state index contributed by atoms with van der Waals surface area (Å²) in [4.78, 5) is 14.7. The van der Waals surface area contributed by atoms with E-state index in [9.17, 15) is 4.79 Å². The molecule has 1 aliphatic rings. The monoisotopic (exact) mass is 342 g/mol. The minimum atomic E-state index is 0.133. The molecule has 6 heteroatoms. The molecule has 1 aromatic heterocycles. The highest BCUT2D eigenvalue weighted by atomic mass is 16.5. The van der Waals surface area contributed by atoms with E-state index in [1.807, 2.05) is 30.9 Å². The van der Waals surface area contributed by atoms with E-state index >= 15 is 0 Å². The molecule has 134 valence electrons. The zero-order chi connectivity index (χ0) is 17.8. The molecule has 1 amide bonds. The SMILES string of the molecule is COCCc1nncn1C1CCN(C(=O)c2cc(C)cc(C)c2)CC1. The third-order valence-corrected chi connectivity index (χ3v) is 4.79. The minimum Gasteiger partial charge on any atom is -0.384 e. The third-order valence-electron chi connectivity index (χ3n) is 4.79. The first kappa shape index (κ1) is 17.6. The van der Waals surface area contributed by atoms with Gasteiger partial charge in [0.1, 0.15) is 12.2 Å². The molecule has 0 radical (unpaired) electrons. The van der Waals surface area contributed by atoms with Gasteiger partial charge in [-0.2, -0.15) is 0 Å². The quantitative estimate of drug-likeness (QED) is 0.838. The highest BCUT2D eigenvalue weighted by molar-refractivity contribution is 5.94. The summed E-state index contributed by atoms with van der Waals surface area (Å²) < 4.78 is 7.29. The van der Waals surface area contributed by atoms with Crippen molar-refractivity contribution < 1.29 is 9.53 Å². The molecule has 25 heavy (non-hydrogen) atoms. The molecule has 0 N–H and O–H groups in total. The highest BCUT2D eigenvalue weighted by Crippen LogP contribution is 2.25. The zero-order valence-electron chi connectivity index (χ0n) is 15.2. The first-order valence-corrected chi connectivity index (χ1v) is 8.83. The molecule has 1 aromatic carbocycles. The molecule has 1 fully saturated rings. The normalized spacial score (nSPS) is 15.6. The predicted molar refractivity (Wildman–Crippen MR) is 95.7 cm³/mol. The van der Waals surface area contributed by atoms with Crippen LogP contribution in [0.3, 0.4) is 0 Å². The summed E-state index contributed by atoms with van der Waals surface area (Å²) in [6.07, 6.45) is 4.42. The van der Waals surface area contributed by atoms with E-state index in [2.05, 4.69) is 20.8 Å². The van der Waals surface area contributed by atoms with Crippen LogP contribution < -0.4 is 0 Å². The molecule has 2 aromatic rings. The second-order valence-corrected chi connectivity index (χ2v) is 6.80. The fourth-order valence-corrected chi connectivity index (χ4v) is 3.57. The standard InChI is InChI=1S/C19H26N4O2/c1-14-10-15(2)12-16(11-14)19(24)22-7-4-17(5-8-22)23-13-20-21-18(23)6-9-25-3/h10-13,17H,4-9H2,1-3H3. The Hall–Kier alpha value is -2.21. The van der Waals surface area contributed by atoms with Crippen molar-refractivity contribution in [1.29, 1.82) is 0 Å². The lowest BCUT2D eigenvalue weighted by molar-refractivity contribution is 0.0693. The molecular formula is C19H26N4O2. The van der Waals surface area contributed by atoms with Crippen molar-refractivity contribution in [1.82, 2.24) is 19.7 Å². The number of carbonyl (C=O) groups is 1. The summed E-state index contributed by atoms with van der Waals surface area (Å²) in [6.45, 7) is 6.23. The van der Waals surface area contributed by atoms with E-state index < -0.39 is 0 Å². The molecule has 6 nitrogen and oxygen atoms in total. The molecular weight excluding hydrogens is 316 g/mol. The minimum absolute atomic E-state index is 0.133. The van der Waals surface area contributed by atoms with Crippen LogP contribution in [0.5, 0.6) is 0 Å². The smallest absolute Gasteiger partial charge is 0.253 e. The van der Waals surface area contributed by atoms with Gasteiger partial charge >= 0.3 is 0 Å². The number of aromatic nitrogens is 3. The Bertz CT molecular complexity index is 713. The van der Waals surface area contributed by atoms with E-state index in [0.717, 1.165) is 54.9 Å². The number of ether oxygens (including phenoxy) is 1. The van der Waals surface area contributed by atoms with Gasteiger partial charge < -0.3 is 14.2 Å². The number of nitrogens with zero attached hydrogens (tertiary/aromatic N) is 4. The summed E-state index contributed by atoms with van der Waals surface area (Å²) in [5.41, 5.74) is 3.05. The molecule has 3 rings (SSSR count). The van der Waals surface area contributed by atoms with Crippen LogP contribution in [0.1, 0.15) is 46.2 Å². The first-order valence-electron chi connectivity index (χ1n) is 8.83. The van der Waals surface area contributed by atoms with Crippen molar-refractivity contribution >= 4 is 5.91 Å². The molecule has 0 atom stereocenters. The second-order valence-electron chi connectivity index (χ2n) is 6.80. The molecule has 1 aliphatic heterocycles. The lowest BCUT2D eigenvalue weighted by atomic mass is 10.0. The van der Waals surface area contributed by atoms with Gasteiger partial charge in [0.25, 0.3) is 5.91 Å². The highest BCUT2D eigenvalue weighted by Gasteiger charge is 2.26. The zero-order valence-corrected chi connectivity index (χ0v) is 15.2. The van der Waals surface area contributed by atoms with Gasteiger partial charge in [0.15, 0.2) is 0 Å². The second kappa shape index (κ2) is 7.78. The predicted octanol–water partition coefficient (Wildman–Crippen LogP) is 2.56. The Morgan fingerprint density at radius 3 is 2.52 bits per heavy atom. The molecule has 1 saturated heterocycles. The largest absolute Gasteiger partial charge is 0.384 e. The van der Waals surface area contributed by atoms with Gasteiger partial charge in [-0.15, -0.1) is 10.2 Å². The van der Waals surface area contributed by atoms with E-state index in [-0.39, 0.29) is 5.91 Å². The van der Waals surface area contributed by atoms with Gasteiger partial charge in [-0.3, -0.25) is 4.79 Å². The number of hydrogen-bond acceptors (Lipinski definition) is 4. The van der Waals surface area contributed by atoms with Crippen LogP contribution in [-0.2, 0) is 11.2 Å². The van der Waals surface area contributed by atoms with Crippen LogP contribution in [0, 0.1) is 13.8 Å². The number of likely N-dealkylation sites (tertiary alicyclic amines) is 1. The lowest BCUT2D eigenvalue weighted by Gasteiger charge is -2.33. The van der Waals surface area contributed by atoms with Crippen LogP contribution in [0.15, 0.2) is 24.5 Å². The first-order chi connectivity index (χ1) is 12.1. The van der Waals surface area contributed by atoms with Crippen molar-refractivity contribution in [3.05, 3.63) is 47.0 Å². The number of methoxy groups -OCH3 is 1. The lowest BCUT2D eigenvalue weighted by Crippen LogP contribution is -2.39. The van der Waals surface area contributed by atoms with Gasteiger partial charge in [0, 0.05) is 38.2 Å². The molecule has 2 heterocycles. The van der Waals surface area contributed by atoms with Crippen LogP contribution >= 0.6 is 0 Å². The average molecular weight is 342 g/mol. The molecule has 0 saturated carbocycles. The summed E-state index contributed by atoms with van der Waals surface area (Å²) in [5.74, 6) is 1.09. The summed E-state index contributed by atoms with van der Waals surface area (Å²) in [5, 5.41) is 8.25. The third kappa shape index (κ3) is 4.07. The van der Waals surface area contributed by atoms with Crippen molar-refractivity contribution in [2.45, 2.75) is 39.2 Å². The number of carbonyl (C=O) groups excluding carboxylic acids is 1. The van der Waals surface area contributed by atoms with Crippen molar-refractivity contribution in [2.24, 2.45) is 0 Å². The molecule has 0 aliphatic carbocycles. The Morgan fingerprint density at radius 1 is 1.20 bits per heavy atom. The average Bonchev–Trinajstić information content (AvgIpc) is 3.07. The van der Waals surface area contributed by atoms with Crippen LogP contribution in [0.25, 0.3) is 0 Å². The van der Waals surface area contributed by atoms with Crippen LogP contribution in [0.2, 0.25) is 0 Å². The summed E-state index contributed by atoms with van der Waals surface area (Å²) in [6, 6.07) is 6.40. The number of benzene rings is 1. The number of piperidine rings is 1. The Kier molecular flexibility index (Phi) is 5.48. The topological polar surface area (TPSA) is 60.3 Å². The van der Waals surface area contributed by atoms with Crippen LogP contribution in [0.4, 0.5) is 0 Å². The van der Waals surface area contributed by atoms with E-state index in [0.29, 0.717) is 12.6 Å². The Labute approximate surface area is 148 Å². The maximum absolute atomic E-state index is 12.8. The Balaban J connectivity index is 1.64. The van der Waals surface area contributed by atoms with Crippen LogP contribution in [-0.4, -0.2) is 52.4 Å². The summed E-state index contributed by atoms with van der Waals surface area (Å²) in [7, 11) is 1.69. The maximum Gasteiger partial charge on any atom is 0.253 e. The number of aryl methyl sites for hydroxylation is 2. The number of amides is 1. The molecule has 0 unspecified atom stereocenters. The Morgan fingerprint density at radius 2 is 1.88 bits per heavy atom.